The third-order valence-electron chi connectivity index (χ3n) is 4.61. The highest BCUT2D eigenvalue weighted by molar-refractivity contribution is 9.10. The molecule has 3 rings (SSSR count). The number of methoxy groups -OCH3 is 1. The minimum atomic E-state index is -4.52. The van der Waals surface area contributed by atoms with Crippen LogP contribution in [0.2, 0.25) is 0 Å². The standard InChI is InChI=1S/C20H20BrF3N2O3/c1-12-9-14(21)11-15(18(12)28-2)19(27)25-16-10-13(20(22,23)24)3-4-17(16)26-5-7-29-8-6-26/h3-4,9-11H,5-8H2,1-2H3,(H,25,27). The molecule has 29 heavy (non-hydrogen) atoms. The van der Waals surface area contributed by atoms with E-state index in [2.05, 4.69) is 21.2 Å². The molecule has 156 valence electrons. The largest absolute Gasteiger partial charge is 0.496 e. The maximum absolute atomic E-state index is 13.3. The number of carbonyl (C=O) groups excluding carboxylic acids is 1. The van der Waals surface area contributed by atoms with Gasteiger partial charge in [0, 0.05) is 17.6 Å². The number of benzene rings is 2. The number of ether oxygens (including phenoxy) is 2. The van der Waals surface area contributed by atoms with Crippen LogP contribution in [0.5, 0.6) is 5.75 Å². The van der Waals surface area contributed by atoms with Gasteiger partial charge in [-0.05, 0) is 42.8 Å². The molecule has 0 atom stereocenters. The van der Waals surface area contributed by atoms with E-state index in [4.69, 9.17) is 9.47 Å². The molecule has 1 heterocycles. The molecule has 0 saturated carbocycles. The summed E-state index contributed by atoms with van der Waals surface area (Å²) in [6.45, 7) is 3.75. The smallest absolute Gasteiger partial charge is 0.416 e. The lowest BCUT2D eigenvalue weighted by Crippen LogP contribution is -2.36. The maximum atomic E-state index is 13.3. The zero-order valence-electron chi connectivity index (χ0n) is 15.9. The summed E-state index contributed by atoms with van der Waals surface area (Å²) in [5.74, 6) is -0.189. The highest BCUT2D eigenvalue weighted by atomic mass is 79.9. The van der Waals surface area contributed by atoms with Gasteiger partial charge in [0.25, 0.3) is 5.91 Å². The zero-order chi connectivity index (χ0) is 21.2. The molecule has 1 amide bonds. The van der Waals surface area contributed by atoms with Crippen LogP contribution in [-0.4, -0.2) is 39.3 Å². The summed E-state index contributed by atoms with van der Waals surface area (Å²) in [6.07, 6.45) is -4.52. The molecule has 2 aromatic rings. The second kappa shape index (κ2) is 8.62. The Labute approximate surface area is 174 Å². The lowest BCUT2D eigenvalue weighted by molar-refractivity contribution is -0.137. The lowest BCUT2D eigenvalue weighted by Gasteiger charge is -2.31. The number of alkyl halides is 3. The number of nitrogens with zero attached hydrogens (tertiary/aromatic N) is 1. The normalized spacial score (nSPS) is 14.6. The van der Waals surface area contributed by atoms with Crippen molar-refractivity contribution in [1.82, 2.24) is 0 Å². The highest BCUT2D eigenvalue weighted by Crippen LogP contribution is 2.36. The van der Waals surface area contributed by atoms with Crippen molar-refractivity contribution in [1.29, 1.82) is 0 Å². The summed E-state index contributed by atoms with van der Waals surface area (Å²) in [4.78, 5) is 14.8. The molecule has 5 nitrogen and oxygen atoms in total. The second-order valence-electron chi connectivity index (χ2n) is 6.59. The van der Waals surface area contributed by atoms with Crippen LogP contribution in [0.15, 0.2) is 34.8 Å². The van der Waals surface area contributed by atoms with Gasteiger partial charge < -0.3 is 19.7 Å². The van der Waals surface area contributed by atoms with Gasteiger partial charge in [-0.3, -0.25) is 4.79 Å². The van der Waals surface area contributed by atoms with Gasteiger partial charge in [0.05, 0.1) is 42.8 Å². The fraction of sp³-hybridized carbons (Fsp3) is 0.350. The third kappa shape index (κ3) is 4.84. The van der Waals surface area contributed by atoms with Crippen molar-refractivity contribution in [2.45, 2.75) is 13.1 Å². The summed E-state index contributed by atoms with van der Waals surface area (Å²) in [7, 11) is 1.44. The number of nitrogens with one attached hydrogen (secondary N) is 1. The minimum absolute atomic E-state index is 0.0893. The minimum Gasteiger partial charge on any atom is -0.496 e. The van der Waals surface area contributed by atoms with E-state index in [-0.39, 0.29) is 11.3 Å². The fourth-order valence-electron chi connectivity index (χ4n) is 3.25. The summed E-state index contributed by atoms with van der Waals surface area (Å²) < 4.78 is 51.1. The average molecular weight is 473 g/mol. The van der Waals surface area contributed by atoms with Gasteiger partial charge in [-0.15, -0.1) is 0 Å². The molecule has 1 N–H and O–H groups in total. The summed E-state index contributed by atoms with van der Waals surface area (Å²) >= 11 is 3.34. The van der Waals surface area contributed by atoms with E-state index in [0.717, 1.165) is 17.7 Å². The molecule has 1 fully saturated rings. The van der Waals surface area contributed by atoms with Gasteiger partial charge in [0.1, 0.15) is 5.75 Å². The molecule has 1 aliphatic rings. The predicted molar refractivity (Wildman–Crippen MR) is 108 cm³/mol. The fourth-order valence-corrected chi connectivity index (χ4v) is 3.82. The molecule has 0 unspecified atom stereocenters. The monoisotopic (exact) mass is 472 g/mol. The summed E-state index contributed by atoms with van der Waals surface area (Å²) in [6, 6.07) is 6.72. The van der Waals surface area contributed by atoms with E-state index in [9.17, 15) is 18.0 Å². The first-order valence-electron chi connectivity index (χ1n) is 8.90. The van der Waals surface area contributed by atoms with Gasteiger partial charge in [-0.1, -0.05) is 15.9 Å². The first kappa shape index (κ1) is 21.4. The number of halogens is 4. The van der Waals surface area contributed by atoms with Crippen LogP contribution in [0.1, 0.15) is 21.5 Å². The highest BCUT2D eigenvalue weighted by Gasteiger charge is 2.32. The third-order valence-corrected chi connectivity index (χ3v) is 5.07. The second-order valence-corrected chi connectivity index (χ2v) is 7.50. The Morgan fingerprint density at radius 3 is 2.52 bits per heavy atom. The van der Waals surface area contributed by atoms with Crippen molar-refractivity contribution in [3.05, 3.63) is 51.5 Å². The van der Waals surface area contributed by atoms with E-state index < -0.39 is 17.6 Å². The summed E-state index contributed by atoms with van der Waals surface area (Å²) in [5, 5.41) is 2.64. The van der Waals surface area contributed by atoms with Crippen molar-refractivity contribution in [3.8, 4) is 5.75 Å². The average Bonchev–Trinajstić information content (AvgIpc) is 2.67. The van der Waals surface area contributed by atoms with Crippen LogP contribution in [0.4, 0.5) is 24.5 Å². The number of amides is 1. The van der Waals surface area contributed by atoms with Crippen molar-refractivity contribution in [2.24, 2.45) is 0 Å². The molecule has 9 heteroatoms. The molecule has 0 spiro atoms. The van der Waals surface area contributed by atoms with Crippen LogP contribution in [0.3, 0.4) is 0 Å². The Morgan fingerprint density at radius 2 is 1.90 bits per heavy atom. The van der Waals surface area contributed by atoms with Crippen LogP contribution in [-0.2, 0) is 10.9 Å². The number of carbonyl (C=O) groups is 1. The Kier molecular flexibility index (Phi) is 6.38. The van der Waals surface area contributed by atoms with Crippen LogP contribution in [0, 0.1) is 6.92 Å². The lowest BCUT2D eigenvalue weighted by atomic mass is 10.1. The van der Waals surface area contributed by atoms with Crippen LogP contribution in [0.25, 0.3) is 0 Å². The zero-order valence-corrected chi connectivity index (χ0v) is 17.5. The van der Waals surface area contributed by atoms with E-state index >= 15 is 0 Å². The van der Waals surface area contributed by atoms with Gasteiger partial charge in [0.2, 0.25) is 0 Å². The van der Waals surface area contributed by atoms with Gasteiger partial charge >= 0.3 is 6.18 Å². The van der Waals surface area contributed by atoms with Gasteiger partial charge in [-0.25, -0.2) is 0 Å². The molecule has 0 radical (unpaired) electrons. The van der Waals surface area contributed by atoms with Gasteiger partial charge in [-0.2, -0.15) is 13.2 Å². The Morgan fingerprint density at radius 1 is 1.21 bits per heavy atom. The Hall–Kier alpha value is -2.26. The van der Waals surface area contributed by atoms with Crippen molar-refractivity contribution in [3.63, 3.8) is 0 Å². The predicted octanol–water partition coefficient (Wildman–Crippen LogP) is 4.87. The molecular weight excluding hydrogens is 453 g/mol. The number of rotatable bonds is 4. The van der Waals surface area contributed by atoms with E-state index in [0.29, 0.717) is 42.2 Å². The van der Waals surface area contributed by atoms with Gasteiger partial charge in [0.15, 0.2) is 0 Å². The van der Waals surface area contributed by atoms with Crippen molar-refractivity contribution < 1.29 is 27.4 Å². The van der Waals surface area contributed by atoms with Crippen LogP contribution < -0.4 is 15.0 Å². The molecular formula is C20H20BrF3N2O3. The summed E-state index contributed by atoms with van der Waals surface area (Å²) in [5.41, 5.74) is 0.725. The first-order valence-corrected chi connectivity index (χ1v) is 9.69. The van der Waals surface area contributed by atoms with Crippen molar-refractivity contribution >= 4 is 33.2 Å². The molecule has 1 aliphatic heterocycles. The Balaban J connectivity index is 2.01. The molecule has 0 bridgehead atoms. The number of morpholine rings is 1. The quantitative estimate of drug-likeness (QED) is 0.689. The number of aryl methyl sites for hydroxylation is 1. The molecule has 0 aliphatic carbocycles. The van der Waals surface area contributed by atoms with E-state index in [1.165, 1.54) is 13.2 Å². The molecule has 1 saturated heterocycles. The maximum Gasteiger partial charge on any atom is 0.416 e. The number of hydrogen-bond acceptors (Lipinski definition) is 4. The Bertz CT molecular complexity index is 913. The first-order chi connectivity index (χ1) is 13.7. The molecule has 2 aromatic carbocycles. The SMILES string of the molecule is COc1c(C)cc(Br)cc1C(=O)Nc1cc(C(F)(F)F)ccc1N1CCOCC1. The van der Waals surface area contributed by atoms with Crippen LogP contribution >= 0.6 is 15.9 Å². The number of anilines is 2. The molecule has 0 aromatic heterocycles. The van der Waals surface area contributed by atoms with E-state index in [1.54, 1.807) is 19.1 Å². The van der Waals surface area contributed by atoms with Crippen molar-refractivity contribution in [2.75, 3.05) is 43.6 Å². The number of hydrogen-bond donors (Lipinski definition) is 1. The topological polar surface area (TPSA) is 50.8 Å². The van der Waals surface area contributed by atoms with E-state index in [1.807, 2.05) is 4.90 Å².